The second-order valence-corrected chi connectivity index (χ2v) is 4.59. The van der Waals surface area contributed by atoms with Crippen LogP contribution in [-0.2, 0) is 6.54 Å². The van der Waals surface area contributed by atoms with Crippen LogP contribution >= 0.6 is 0 Å². The van der Waals surface area contributed by atoms with Crippen LogP contribution in [-0.4, -0.2) is 10.1 Å². The van der Waals surface area contributed by atoms with Crippen molar-refractivity contribution in [2.45, 2.75) is 27.3 Å². The van der Waals surface area contributed by atoms with Crippen LogP contribution in [0.2, 0.25) is 0 Å². The first-order valence-electron chi connectivity index (χ1n) is 6.03. The minimum Gasteiger partial charge on any atom is -0.506 e. The average Bonchev–Trinajstić information content (AvgIpc) is 2.34. The lowest BCUT2D eigenvalue weighted by molar-refractivity contribution is 0.464. The van der Waals surface area contributed by atoms with Crippen molar-refractivity contribution in [2.24, 2.45) is 0 Å². The van der Waals surface area contributed by atoms with Crippen LogP contribution in [0.4, 0.5) is 5.69 Å². The zero-order valence-electron chi connectivity index (χ0n) is 11.0. The Morgan fingerprint density at radius 1 is 1.11 bits per heavy atom. The summed E-state index contributed by atoms with van der Waals surface area (Å²) in [7, 11) is 0. The van der Waals surface area contributed by atoms with E-state index in [4.69, 9.17) is 0 Å². The Morgan fingerprint density at radius 3 is 2.67 bits per heavy atom. The maximum absolute atomic E-state index is 9.73. The molecule has 0 radical (unpaired) electrons. The van der Waals surface area contributed by atoms with Gasteiger partial charge in [0.1, 0.15) is 11.4 Å². The zero-order valence-corrected chi connectivity index (χ0v) is 11.0. The predicted molar refractivity (Wildman–Crippen MR) is 73.9 cm³/mol. The van der Waals surface area contributed by atoms with E-state index in [-0.39, 0.29) is 5.75 Å². The van der Waals surface area contributed by atoms with Gasteiger partial charge >= 0.3 is 0 Å². The molecule has 2 N–H and O–H groups in total. The van der Waals surface area contributed by atoms with Gasteiger partial charge in [-0.15, -0.1) is 0 Å². The molecule has 1 aromatic heterocycles. The highest BCUT2D eigenvalue weighted by Crippen LogP contribution is 2.20. The number of rotatable bonds is 3. The molecule has 0 bridgehead atoms. The van der Waals surface area contributed by atoms with Crippen molar-refractivity contribution in [1.82, 2.24) is 4.98 Å². The Morgan fingerprint density at radius 2 is 1.89 bits per heavy atom. The summed E-state index contributed by atoms with van der Waals surface area (Å²) >= 11 is 0. The maximum atomic E-state index is 9.73. The first-order chi connectivity index (χ1) is 8.56. The monoisotopic (exact) mass is 242 g/mol. The first kappa shape index (κ1) is 12.4. The molecule has 3 heteroatoms. The highest BCUT2D eigenvalue weighted by molar-refractivity contribution is 5.52. The van der Waals surface area contributed by atoms with Gasteiger partial charge in [-0.2, -0.15) is 0 Å². The molecule has 1 aromatic carbocycles. The van der Waals surface area contributed by atoms with Gasteiger partial charge in [-0.25, -0.2) is 0 Å². The van der Waals surface area contributed by atoms with E-state index in [1.54, 1.807) is 12.1 Å². The number of aromatic nitrogens is 1. The van der Waals surface area contributed by atoms with Gasteiger partial charge in [-0.1, -0.05) is 12.1 Å². The number of nitrogens with zero attached hydrogens (tertiary/aromatic N) is 1. The summed E-state index contributed by atoms with van der Waals surface area (Å²) in [6, 6.07) is 9.76. The van der Waals surface area contributed by atoms with Crippen molar-refractivity contribution in [3.8, 4) is 5.75 Å². The van der Waals surface area contributed by atoms with Gasteiger partial charge in [0, 0.05) is 11.4 Å². The van der Waals surface area contributed by atoms with Gasteiger partial charge in [0.2, 0.25) is 0 Å². The summed E-state index contributed by atoms with van der Waals surface area (Å²) in [5, 5.41) is 13.0. The van der Waals surface area contributed by atoms with Crippen molar-refractivity contribution < 1.29 is 5.11 Å². The molecule has 18 heavy (non-hydrogen) atoms. The van der Waals surface area contributed by atoms with Gasteiger partial charge in [0.05, 0.1) is 6.54 Å². The van der Waals surface area contributed by atoms with Gasteiger partial charge in [0.25, 0.3) is 0 Å². The van der Waals surface area contributed by atoms with Crippen molar-refractivity contribution >= 4 is 5.69 Å². The van der Waals surface area contributed by atoms with Crippen LogP contribution in [0.15, 0.2) is 30.3 Å². The second-order valence-electron chi connectivity index (χ2n) is 4.59. The van der Waals surface area contributed by atoms with Crippen LogP contribution < -0.4 is 5.32 Å². The van der Waals surface area contributed by atoms with Crippen LogP contribution in [0.1, 0.15) is 22.5 Å². The highest BCUT2D eigenvalue weighted by atomic mass is 16.3. The fourth-order valence-corrected chi connectivity index (χ4v) is 1.84. The molecule has 1 heterocycles. The summed E-state index contributed by atoms with van der Waals surface area (Å²) in [6.07, 6.45) is 0. The molecular formula is C15H18N2O. The van der Waals surface area contributed by atoms with E-state index < -0.39 is 0 Å². The van der Waals surface area contributed by atoms with Crippen LogP contribution in [0.5, 0.6) is 5.75 Å². The van der Waals surface area contributed by atoms with Gasteiger partial charge < -0.3 is 10.4 Å². The molecule has 0 aliphatic heterocycles. The van der Waals surface area contributed by atoms with Gasteiger partial charge in [-0.05, 0) is 50.1 Å². The number of hydrogen-bond acceptors (Lipinski definition) is 3. The van der Waals surface area contributed by atoms with E-state index in [1.165, 1.54) is 11.1 Å². The molecule has 0 amide bonds. The summed E-state index contributed by atoms with van der Waals surface area (Å²) < 4.78 is 0. The molecule has 94 valence electrons. The number of anilines is 1. The summed E-state index contributed by atoms with van der Waals surface area (Å²) in [4.78, 5) is 4.33. The lowest BCUT2D eigenvalue weighted by atomic mass is 10.1. The Labute approximate surface area is 108 Å². The standard InChI is InChI=1S/C15H18N2O/c1-10-4-5-11(2)13(8-10)16-9-14-15(18)7-6-12(3)17-14/h4-8,16,18H,9H2,1-3H3. The molecule has 0 atom stereocenters. The fraction of sp³-hybridized carbons (Fsp3) is 0.267. The molecule has 0 aliphatic carbocycles. The zero-order chi connectivity index (χ0) is 13.1. The van der Waals surface area contributed by atoms with Crippen LogP contribution in [0.25, 0.3) is 0 Å². The van der Waals surface area contributed by atoms with Crippen LogP contribution in [0.3, 0.4) is 0 Å². The molecule has 3 nitrogen and oxygen atoms in total. The van der Waals surface area contributed by atoms with Crippen molar-refractivity contribution in [3.63, 3.8) is 0 Å². The molecule has 2 aromatic rings. The third-order valence-electron chi connectivity index (χ3n) is 2.93. The number of benzene rings is 1. The quantitative estimate of drug-likeness (QED) is 0.867. The fourth-order valence-electron chi connectivity index (χ4n) is 1.84. The third-order valence-corrected chi connectivity index (χ3v) is 2.93. The normalized spacial score (nSPS) is 10.4. The summed E-state index contributed by atoms with van der Waals surface area (Å²) in [6.45, 7) is 6.57. The third kappa shape index (κ3) is 2.80. The SMILES string of the molecule is Cc1ccc(C)c(NCc2nc(C)ccc2O)c1. The summed E-state index contributed by atoms with van der Waals surface area (Å²) in [5.74, 6) is 0.235. The van der Waals surface area contributed by atoms with Crippen molar-refractivity contribution in [1.29, 1.82) is 0 Å². The maximum Gasteiger partial charge on any atom is 0.138 e. The van der Waals surface area contributed by atoms with E-state index in [1.807, 2.05) is 6.92 Å². The number of hydrogen-bond donors (Lipinski definition) is 2. The Hall–Kier alpha value is -2.03. The minimum atomic E-state index is 0.235. The highest BCUT2D eigenvalue weighted by Gasteiger charge is 2.04. The topological polar surface area (TPSA) is 45.2 Å². The molecular weight excluding hydrogens is 224 g/mol. The van der Waals surface area contributed by atoms with Gasteiger partial charge in [-0.3, -0.25) is 4.98 Å². The van der Waals surface area contributed by atoms with Gasteiger partial charge in [0.15, 0.2) is 0 Å². The minimum absolute atomic E-state index is 0.235. The average molecular weight is 242 g/mol. The second kappa shape index (κ2) is 5.08. The van der Waals surface area contributed by atoms with Crippen molar-refractivity contribution in [3.05, 3.63) is 52.8 Å². The summed E-state index contributed by atoms with van der Waals surface area (Å²) in [5.41, 5.74) is 5.07. The molecule has 0 saturated heterocycles. The number of aromatic hydroxyl groups is 1. The Kier molecular flexibility index (Phi) is 3.51. The number of pyridine rings is 1. The number of aryl methyl sites for hydroxylation is 3. The lowest BCUT2D eigenvalue weighted by Crippen LogP contribution is -2.04. The van der Waals surface area contributed by atoms with E-state index in [0.717, 1.165) is 11.4 Å². The Bertz CT molecular complexity index is 513. The van der Waals surface area contributed by atoms with Crippen molar-refractivity contribution in [2.75, 3.05) is 5.32 Å². The van der Waals surface area contributed by atoms with E-state index in [0.29, 0.717) is 12.2 Å². The largest absolute Gasteiger partial charge is 0.506 e. The molecule has 0 saturated carbocycles. The molecule has 2 rings (SSSR count). The predicted octanol–water partition coefficient (Wildman–Crippen LogP) is 3.32. The number of nitrogens with one attached hydrogen (secondary N) is 1. The lowest BCUT2D eigenvalue weighted by Gasteiger charge is -2.11. The van der Waals surface area contributed by atoms with E-state index >= 15 is 0 Å². The molecule has 0 fully saturated rings. The molecule has 0 aliphatic rings. The van der Waals surface area contributed by atoms with Crippen LogP contribution in [0, 0.1) is 20.8 Å². The first-order valence-corrected chi connectivity index (χ1v) is 6.03. The molecule has 0 spiro atoms. The Balaban J connectivity index is 2.16. The molecule has 0 unspecified atom stereocenters. The van der Waals surface area contributed by atoms with E-state index in [2.05, 4.69) is 42.3 Å². The smallest absolute Gasteiger partial charge is 0.138 e. The van der Waals surface area contributed by atoms with E-state index in [9.17, 15) is 5.11 Å².